The summed E-state index contributed by atoms with van der Waals surface area (Å²) in [5.41, 5.74) is 2.41. The Kier molecular flexibility index (Phi) is 4.37. The lowest BCUT2D eigenvalue weighted by Gasteiger charge is -2.59. The van der Waals surface area contributed by atoms with Gasteiger partial charge in [0.05, 0.1) is 5.69 Å². The van der Waals surface area contributed by atoms with Gasteiger partial charge in [0, 0.05) is 18.2 Å². The molecule has 1 heterocycles. The lowest BCUT2D eigenvalue weighted by molar-refractivity contribution is -0.137. The van der Waals surface area contributed by atoms with Gasteiger partial charge in [0.15, 0.2) is 5.78 Å². The lowest BCUT2D eigenvalue weighted by atomic mass is 9.45. The molecule has 152 valence electrons. The maximum absolute atomic E-state index is 13.5. The Morgan fingerprint density at radius 2 is 2.00 bits per heavy atom. The highest BCUT2D eigenvalue weighted by Gasteiger charge is 2.60. The first kappa shape index (κ1) is 18.6. The molecule has 1 aromatic rings. The van der Waals surface area contributed by atoms with Crippen LogP contribution in [0.4, 0.5) is 0 Å². The predicted molar refractivity (Wildman–Crippen MR) is 113 cm³/mol. The van der Waals surface area contributed by atoms with Crippen LogP contribution in [0.25, 0.3) is 6.08 Å². The molecule has 28 heavy (non-hydrogen) atoms. The van der Waals surface area contributed by atoms with Crippen LogP contribution in [-0.2, 0) is 11.3 Å². The van der Waals surface area contributed by atoms with E-state index in [9.17, 15) is 4.79 Å². The summed E-state index contributed by atoms with van der Waals surface area (Å²) in [6.45, 7) is 7.88. The number of allylic oxidation sites excluding steroid dienone is 1. The van der Waals surface area contributed by atoms with E-state index in [4.69, 9.17) is 0 Å². The molecule has 4 aliphatic carbocycles. The molecule has 3 heteroatoms. The fourth-order valence-corrected chi connectivity index (χ4v) is 7.90. The monoisotopic (exact) mass is 380 g/mol. The predicted octanol–water partition coefficient (Wildman–Crippen LogP) is 5.90. The summed E-state index contributed by atoms with van der Waals surface area (Å²) in [6.07, 6.45) is 16.0. The Bertz CT molecular complexity index is 807. The number of aromatic nitrogens is 2. The van der Waals surface area contributed by atoms with Gasteiger partial charge in [-0.05, 0) is 98.7 Å². The Hall–Kier alpha value is -1.38. The molecule has 5 rings (SSSR count). The molecule has 0 saturated heterocycles. The SMILES string of the molecule is CCn1ccc(/C=C2/C[C@H]3[C@@H]4CC[C@H]5CCCC[C@]5(C)[C@H]4CC[C@]3(C)C2=O)n1. The molecule has 3 nitrogen and oxygen atoms in total. The van der Waals surface area contributed by atoms with Crippen LogP contribution in [0, 0.1) is 34.5 Å². The first-order valence-electron chi connectivity index (χ1n) is 11.7. The van der Waals surface area contributed by atoms with Crippen molar-refractivity contribution < 1.29 is 4.79 Å². The van der Waals surface area contributed by atoms with Crippen LogP contribution in [-0.4, -0.2) is 15.6 Å². The van der Waals surface area contributed by atoms with Gasteiger partial charge < -0.3 is 0 Å². The fourth-order valence-electron chi connectivity index (χ4n) is 7.90. The van der Waals surface area contributed by atoms with Gasteiger partial charge in [-0.15, -0.1) is 0 Å². The number of hydrogen-bond acceptors (Lipinski definition) is 2. The number of Topliss-reactive ketones (excluding diaryl/α,β-unsaturated/α-hetero) is 1. The zero-order valence-corrected chi connectivity index (χ0v) is 17.9. The smallest absolute Gasteiger partial charge is 0.165 e. The molecule has 0 aromatic carbocycles. The van der Waals surface area contributed by atoms with E-state index in [-0.39, 0.29) is 5.41 Å². The summed E-state index contributed by atoms with van der Waals surface area (Å²) < 4.78 is 1.95. The number of aryl methyl sites for hydroxylation is 1. The van der Waals surface area contributed by atoms with Crippen molar-refractivity contribution in [1.29, 1.82) is 0 Å². The van der Waals surface area contributed by atoms with Crippen molar-refractivity contribution in [2.24, 2.45) is 34.5 Å². The number of carbonyl (C=O) groups excluding carboxylic acids is 1. The molecule has 0 amide bonds. The first-order valence-corrected chi connectivity index (χ1v) is 11.7. The number of fused-ring (bicyclic) bond motifs is 5. The minimum absolute atomic E-state index is 0.127. The van der Waals surface area contributed by atoms with Gasteiger partial charge in [-0.3, -0.25) is 9.48 Å². The van der Waals surface area contributed by atoms with Gasteiger partial charge in [-0.2, -0.15) is 5.10 Å². The van der Waals surface area contributed by atoms with Crippen LogP contribution in [0.3, 0.4) is 0 Å². The quantitative estimate of drug-likeness (QED) is 0.599. The fraction of sp³-hybridized carbons (Fsp3) is 0.760. The highest BCUT2D eigenvalue weighted by molar-refractivity contribution is 6.05. The number of carbonyl (C=O) groups is 1. The zero-order chi connectivity index (χ0) is 19.5. The largest absolute Gasteiger partial charge is 0.294 e. The van der Waals surface area contributed by atoms with Crippen molar-refractivity contribution in [3.63, 3.8) is 0 Å². The number of rotatable bonds is 2. The number of ketones is 1. The van der Waals surface area contributed by atoms with E-state index in [0.29, 0.717) is 17.1 Å². The molecular formula is C25H36N2O. The Balaban J connectivity index is 1.45. The van der Waals surface area contributed by atoms with Crippen LogP contribution < -0.4 is 0 Å². The lowest BCUT2D eigenvalue weighted by Crippen LogP contribution is -2.52. The van der Waals surface area contributed by atoms with Crippen molar-refractivity contribution in [1.82, 2.24) is 9.78 Å². The molecule has 0 radical (unpaired) electrons. The average molecular weight is 381 g/mol. The molecule has 0 N–H and O–H groups in total. The summed E-state index contributed by atoms with van der Waals surface area (Å²) in [6, 6.07) is 2.05. The standard InChI is InChI=1S/C25H36N2O/c1-4-27-14-11-19(26-27)15-17-16-22-20-9-8-18-7-5-6-12-24(18,2)21(20)10-13-25(22,3)23(17)28/h11,14-15,18,20-22H,4-10,12-13,16H2,1-3H3/b17-15-/t18-,20-,21+,22+,24+,25+/m1/s1. The minimum atomic E-state index is -0.127. The van der Waals surface area contributed by atoms with Crippen molar-refractivity contribution in [3.05, 3.63) is 23.5 Å². The average Bonchev–Trinajstić information content (AvgIpc) is 3.25. The van der Waals surface area contributed by atoms with Gasteiger partial charge in [-0.1, -0.05) is 26.7 Å². The maximum atomic E-state index is 13.5. The van der Waals surface area contributed by atoms with Crippen LogP contribution in [0.15, 0.2) is 17.8 Å². The topological polar surface area (TPSA) is 34.9 Å². The summed E-state index contributed by atoms with van der Waals surface area (Å²) in [5.74, 6) is 3.52. The van der Waals surface area contributed by atoms with Crippen molar-refractivity contribution in [2.75, 3.05) is 0 Å². The highest BCUT2D eigenvalue weighted by atomic mass is 16.1. The van der Waals surface area contributed by atoms with Gasteiger partial charge in [0.25, 0.3) is 0 Å². The molecule has 0 unspecified atom stereocenters. The second kappa shape index (κ2) is 6.57. The van der Waals surface area contributed by atoms with Gasteiger partial charge >= 0.3 is 0 Å². The van der Waals surface area contributed by atoms with Gasteiger partial charge in [0.1, 0.15) is 0 Å². The van der Waals surface area contributed by atoms with Gasteiger partial charge in [0.2, 0.25) is 0 Å². The summed E-state index contributed by atoms with van der Waals surface area (Å²) >= 11 is 0. The zero-order valence-electron chi connectivity index (χ0n) is 17.9. The van der Waals surface area contributed by atoms with E-state index >= 15 is 0 Å². The van der Waals surface area contributed by atoms with E-state index in [0.717, 1.165) is 48.4 Å². The van der Waals surface area contributed by atoms with E-state index in [2.05, 4.69) is 31.9 Å². The third kappa shape index (κ3) is 2.60. The van der Waals surface area contributed by atoms with Crippen molar-refractivity contribution in [3.8, 4) is 0 Å². The first-order chi connectivity index (χ1) is 13.5. The van der Waals surface area contributed by atoms with Crippen molar-refractivity contribution in [2.45, 2.75) is 85.1 Å². The third-order valence-corrected chi connectivity index (χ3v) is 9.53. The van der Waals surface area contributed by atoms with Crippen LogP contribution in [0.5, 0.6) is 0 Å². The van der Waals surface area contributed by atoms with E-state index < -0.39 is 0 Å². The molecular weight excluding hydrogens is 344 g/mol. The maximum Gasteiger partial charge on any atom is 0.165 e. The highest BCUT2D eigenvalue weighted by Crippen LogP contribution is 2.66. The number of nitrogens with zero attached hydrogens (tertiary/aromatic N) is 2. The Morgan fingerprint density at radius 1 is 1.14 bits per heavy atom. The summed E-state index contributed by atoms with van der Waals surface area (Å²) in [4.78, 5) is 13.5. The van der Waals surface area contributed by atoms with E-state index in [1.165, 1.54) is 44.9 Å². The van der Waals surface area contributed by atoms with Crippen molar-refractivity contribution >= 4 is 11.9 Å². The molecule has 0 aliphatic heterocycles. The molecule has 4 saturated carbocycles. The minimum Gasteiger partial charge on any atom is -0.294 e. The van der Waals surface area contributed by atoms with E-state index in [1.807, 2.05) is 16.9 Å². The molecule has 6 atom stereocenters. The second-order valence-corrected chi connectivity index (χ2v) is 10.7. The second-order valence-electron chi connectivity index (χ2n) is 10.7. The number of hydrogen-bond donors (Lipinski definition) is 0. The molecule has 1 aromatic heterocycles. The molecule has 0 bridgehead atoms. The third-order valence-electron chi connectivity index (χ3n) is 9.53. The van der Waals surface area contributed by atoms with Crippen LogP contribution in [0.1, 0.15) is 84.3 Å². The Morgan fingerprint density at radius 3 is 2.79 bits per heavy atom. The van der Waals surface area contributed by atoms with Crippen LogP contribution in [0.2, 0.25) is 0 Å². The van der Waals surface area contributed by atoms with E-state index in [1.54, 1.807) is 0 Å². The normalized spacial score (nSPS) is 44.2. The summed E-state index contributed by atoms with van der Waals surface area (Å²) in [5, 5.41) is 4.60. The molecule has 4 fully saturated rings. The Labute approximate surface area is 170 Å². The van der Waals surface area contributed by atoms with Crippen LogP contribution >= 0.6 is 0 Å². The molecule has 0 spiro atoms. The summed E-state index contributed by atoms with van der Waals surface area (Å²) in [7, 11) is 0. The van der Waals surface area contributed by atoms with Gasteiger partial charge in [-0.25, -0.2) is 0 Å². The molecule has 4 aliphatic rings.